The van der Waals surface area contributed by atoms with Crippen LogP contribution in [0.3, 0.4) is 0 Å². The van der Waals surface area contributed by atoms with Crippen LogP contribution in [0.1, 0.15) is 45.4 Å². The van der Waals surface area contributed by atoms with Crippen LogP contribution >= 0.6 is 0 Å². The van der Waals surface area contributed by atoms with Crippen LogP contribution in [-0.2, 0) is 4.74 Å². The summed E-state index contributed by atoms with van der Waals surface area (Å²) in [6.45, 7) is 2.46. The second-order valence-corrected chi connectivity index (χ2v) is 4.37. The normalized spacial score (nSPS) is 22.3. The van der Waals surface area contributed by atoms with Crippen molar-refractivity contribution in [2.24, 2.45) is 16.8 Å². The van der Waals surface area contributed by atoms with E-state index in [4.69, 9.17) is 15.7 Å². The number of ether oxygens (including phenoxy) is 1. The van der Waals surface area contributed by atoms with E-state index in [0.29, 0.717) is 12.7 Å². The third kappa shape index (κ3) is 4.51. The van der Waals surface area contributed by atoms with Gasteiger partial charge in [-0.05, 0) is 12.8 Å². The standard InChI is InChI=1S/C11H22N2O2/c1-9(11(12)13-14)8-15-10-6-4-2-3-5-7-10/h9-10,14H,2-8H2,1H3,(H2,12,13). The topological polar surface area (TPSA) is 67.8 Å². The lowest BCUT2D eigenvalue weighted by molar-refractivity contribution is 0.0337. The van der Waals surface area contributed by atoms with Crippen molar-refractivity contribution in [3.8, 4) is 0 Å². The highest BCUT2D eigenvalue weighted by Crippen LogP contribution is 2.20. The second-order valence-electron chi connectivity index (χ2n) is 4.37. The van der Waals surface area contributed by atoms with Gasteiger partial charge in [-0.3, -0.25) is 0 Å². The van der Waals surface area contributed by atoms with Crippen molar-refractivity contribution in [3.63, 3.8) is 0 Å². The molecule has 1 unspecified atom stereocenters. The van der Waals surface area contributed by atoms with E-state index in [9.17, 15) is 0 Å². The molecule has 1 rings (SSSR count). The van der Waals surface area contributed by atoms with E-state index in [2.05, 4.69) is 5.16 Å². The van der Waals surface area contributed by atoms with Crippen molar-refractivity contribution in [1.82, 2.24) is 0 Å². The molecule has 1 fully saturated rings. The quantitative estimate of drug-likeness (QED) is 0.247. The van der Waals surface area contributed by atoms with E-state index >= 15 is 0 Å². The number of hydrogen-bond donors (Lipinski definition) is 2. The summed E-state index contributed by atoms with van der Waals surface area (Å²) in [4.78, 5) is 0. The van der Waals surface area contributed by atoms with Gasteiger partial charge in [-0.1, -0.05) is 37.8 Å². The Kier molecular flexibility index (Phi) is 5.47. The highest BCUT2D eigenvalue weighted by atomic mass is 16.5. The van der Waals surface area contributed by atoms with E-state index in [1.807, 2.05) is 6.92 Å². The molecule has 0 radical (unpaired) electrons. The molecule has 1 saturated carbocycles. The lowest BCUT2D eigenvalue weighted by atomic mass is 10.1. The van der Waals surface area contributed by atoms with Crippen molar-refractivity contribution < 1.29 is 9.94 Å². The number of nitrogens with two attached hydrogens (primary N) is 1. The maximum absolute atomic E-state index is 8.49. The molecule has 0 aromatic rings. The van der Waals surface area contributed by atoms with Crippen LogP contribution in [0, 0.1) is 5.92 Å². The predicted octanol–water partition coefficient (Wildman–Crippen LogP) is 2.11. The van der Waals surface area contributed by atoms with Crippen LogP contribution in [-0.4, -0.2) is 23.8 Å². The number of rotatable bonds is 4. The van der Waals surface area contributed by atoms with E-state index in [0.717, 1.165) is 12.8 Å². The van der Waals surface area contributed by atoms with Crippen molar-refractivity contribution in [2.45, 2.75) is 51.6 Å². The van der Waals surface area contributed by atoms with Crippen molar-refractivity contribution in [3.05, 3.63) is 0 Å². The summed E-state index contributed by atoms with van der Waals surface area (Å²) in [6.07, 6.45) is 7.88. The highest BCUT2D eigenvalue weighted by Gasteiger charge is 2.15. The zero-order chi connectivity index (χ0) is 11.1. The van der Waals surface area contributed by atoms with Crippen LogP contribution in [0.4, 0.5) is 0 Å². The molecule has 0 bridgehead atoms. The molecule has 0 spiro atoms. The van der Waals surface area contributed by atoms with Crippen LogP contribution < -0.4 is 5.73 Å². The Hall–Kier alpha value is -0.770. The minimum atomic E-state index is -0.00162. The summed E-state index contributed by atoms with van der Waals surface area (Å²) in [6, 6.07) is 0. The summed E-state index contributed by atoms with van der Waals surface area (Å²) in [5, 5.41) is 11.5. The molecule has 4 heteroatoms. The largest absolute Gasteiger partial charge is 0.409 e. The number of amidine groups is 1. The first-order valence-electron chi connectivity index (χ1n) is 5.83. The number of oxime groups is 1. The third-order valence-electron chi connectivity index (χ3n) is 3.00. The van der Waals surface area contributed by atoms with Crippen LogP contribution in [0.2, 0.25) is 0 Å². The van der Waals surface area contributed by atoms with Gasteiger partial charge in [-0.15, -0.1) is 0 Å². The molecule has 0 aromatic carbocycles. The molecule has 0 aromatic heterocycles. The molecule has 88 valence electrons. The van der Waals surface area contributed by atoms with Gasteiger partial charge in [0.2, 0.25) is 0 Å². The molecular formula is C11H22N2O2. The minimum absolute atomic E-state index is 0.00162. The summed E-state index contributed by atoms with van der Waals surface area (Å²) >= 11 is 0. The Morgan fingerprint density at radius 3 is 2.53 bits per heavy atom. The fourth-order valence-electron chi connectivity index (χ4n) is 1.87. The maximum Gasteiger partial charge on any atom is 0.144 e. The van der Waals surface area contributed by atoms with Gasteiger partial charge < -0.3 is 15.7 Å². The average Bonchev–Trinajstić information content (AvgIpc) is 2.53. The second kappa shape index (κ2) is 6.67. The van der Waals surface area contributed by atoms with Crippen LogP contribution in [0.5, 0.6) is 0 Å². The van der Waals surface area contributed by atoms with E-state index in [-0.39, 0.29) is 11.8 Å². The molecule has 1 aliphatic rings. The molecule has 1 aliphatic carbocycles. The van der Waals surface area contributed by atoms with Crippen molar-refractivity contribution >= 4 is 5.84 Å². The van der Waals surface area contributed by atoms with Crippen LogP contribution in [0.25, 0.3) is 0 Å². The van der Waals surface area contributed by atoms with Gasteiger partial charge >= 0.3 is 0 Å². The van der Waals surface area contributed by atoms with Gasteiger partial charge in [0.25, 0.3) is 0 Å². The van der Waals surface area contributed by atoms with Gasteiger partial charge in [0, 0.05) is 5.92 Å². The Morgan fingerprint density at radius 1 is 1.40 bits per heavy atom. The number of nitrogens with zero attached hydrogens (tertiary/aromatic N) is 1. The molecule has 0 heterocycles. The smallest absolute Gasteiger partial charge is 0.144 e. The van der Waals surface area contributed by atoms with Crippen LogP contribution in [0.15, 0.2) is 5.16 Å². The van der Waals surface area contributed by atoms with E-state index in [1.54, 1.807) is 0 Å². The van der Waals surface area contributed by atoms with Gasteiger partial charge in [0.05, 0.1) is 12.7 Å². The number of hydrogen-bond acceptors (Lipinski definition) is 3. The van der Waals surface area contributed by atoms with Crippen molar-refractivity contribution in [1.29, 1.82) is 0 Å². The fraction of sp³-hybridized carbons (Fsp3) is 0.909. The Labute approximate surface area is 91.5 Å². The third-order valence-corrected chi connectivity index (χ3v) is 3.00. The van der Waals surface area contributed by atoms with E-state index in [1.165, 1.54) is 25.7 Å². The average molecular weight is 214 g/mol. The first kappa shape index (κ1) is 12.3. The molecule has 15 heavy (non-hydrogen) atoms. The molecule has 4 nitrogen and oxygen atoms in total. The van der Waals surface area contributed by atoms with Crippen molar-refractivity contribution in [2.75, 3.05) is 6.61 Å². The van der Waals surface area contributed by atoms with Gasteiger partial charge in [0.1, 0.15) is 5.84 Å². The first-order chi connectivity index (χ1) is 7.24. The Balaban J connectivity index is 2.23. The predicted molar refractivity (Wildman–Crippen MR) is 60.0 cm³/mol. The van der Waals surface area contributed by atoms with E-state index < -0.39 is 0 Å². The minimum Gasteiger partial charge on any atom is -0.409 e. The van der Waals surface area contributed by atoms with Gasteiger partial charge in [-0.25, -0.2) is 0 Å². The van der Waals surface area contributed by atoms with Gasteiger partial charge in [-0.2, -0.15) is 0 Å². The fourth-order valence-corrected chi connectivity index (χ4v) is 1.87. The Bertz CT molecular complexity index is 199. The lowest BCUT2D eigenvalue weighted by Crippen LogP contribution is -2.27. The molecule has 0 amide bonds. The molecule has 0 saturated heterocycles. The monoisotopic (exact) mass is 214 g/mol. The Morgan fingerprint density at radius 2 is 2.00 bits per heavy atom. The molecule has 0 aliphatic heterocycles. The molecular weight excluding hydrogens is 192 g/mol. The van der Waals surface area contributed by atoms with Gasteiger partial charge in [0.15, 0.2) is 0 Å². The zero-order valence-corrected chi connectivity index (χ0v) is 9.48. The SMILES string of the molecule is CC(COC1CCCCCC1)/C(N)=N/O. The molecule has 3 N–H and O–H groups in total. The highest BCUT2D eigenvalue weighted by molar-refractivity contribution is 5.81. The summed E-state index contributed by atoms with van der Waals surface area (Å²) in [5.74, 6) is 0.252. The summed E-state index contributed by atoms with van der Waals surface area (Å²) < 4.78 is 5.78. The lowest BCUT2D eigenvalue weighted by Gasteiger charge is -2.18. The maximum atomic E-state index is 8.49. The molecule has 1 atom stereocenters. The summed E-state index contributed by atoms with van der Waals surface area (Å²) in [5.41, 5.74) is 5.48. The first-order valence-corrected chi connectivity index (χ1v) is 5.83. The zero-order valence-electron chi connectivity index (χ0n) is 9.48. The summed E-state index contributed by atoms with van der Waals surface area (Å²) in [7, 11) is 0.